The Balaban J connectivity index is 1.83. The summed E-state index contributed by atoms with van der Waals surface area (Å²) in [6, 6.07) is 1.87. The second kappa shape index (κ2) is 4.01. The van der Waals surface area contributed by atoms with Crippen LogP contribution in [0, 0.1) is 6.92 Å². The number of nitrogens with two attached hydrogens (primary N) is 1. The first kappa shape index (κ1) is 10.6. The fraction of sp³-hybridized carbons (Fsp3) is 0.250. The van der Waals surface area contributed by atoms with Crippen LogP contribution in [-0.2, 0) is 6.42 Å². The third kappa shape index (κ3) is 1.87. The lowest BCUT2D eigenvalue weighted by atomic mass is 10.0. The molecule has 0 amide bonds. The Bertz CT molecular complexity index is 608. The zero-order chi connectivity index (χ0) is 11.8. The van der Waals surface area contributed by atoms with Crippen molar-refractivity contribution in [2.45, 2.75) is 19.4 Å². The minimum absolute atomic E-state index is 0.0571. The highest BCUT2D eigenvalue weighted by Gasteiger charge is 2.14. The highest BCUT2D eigenvalue weighted by molar-refractivity contribution is 7.15. The van der Waals surface area contributed by atoms with Gasteiger partial charge in [-0.25, -0.2) is 4.98 Å². The van der Waals surface area contributed by atoms with Crippen molar-refractivity contribution in [1.82, 2.24) is 9.38 Å². The van der Waals surface area contributed by atoms with Crippen LogP contribution >= 0.6 is 11.3 Å². The number of rotatable bonds is 3. The van der Waals surface area contributed by atoms with E-state index in [1.54, 1.807) is 17.6 Å². The van der Waals surface area contributed by atoms with Gasteiger partial charge in [0, 0.05) is 35.8 Å². The molecule has 1 unspecified atom stereocenters. The number of furan rings is 1. The van der Waals surface area contributed by atoms with Crippen molar-refractivity contribution in [2.75, 3.05) is 0 Å². The van der Waals surface area contributed by atoms with Crippen LogP contribution in [0.25, 0.3) is 4.96 Å². The van der Waals surface area contributed by atoms with E-state index in [-0.39, 0.29) is 6.04 Å². The molecule has 0 radical (unpaired) electrons. The number of imidazole rings is 1. The van der Waals surface area contributed by atoms with Gasteiger partial charge in [0.1, 0.15) is 5.76 Å². The molecule has 0 spiro atoms. The van der Waals surface area contributed by atoms with Crippen molar-refractivity contribution >= 4 is 16.3 Å². The summed E-state index contributed by atoms with van der Waals surface area (Å²) in [5.41, 5.74) is 8.23. The molecule has 17 heavy (non-hydrogen) atoms. The lowest BCUT2D eigenvalue weighted by Crippen LogP contribution is -2.13. The van der Waals surface area contributed by atoms with Gasteiger partial charge in [-0.15, -0.1) is 11.3 Å². The van der Waals surface area contributed by atoms with Crippen LogP contribution in [0.4, 0.5) is 0 Å². The van der Waals surface area contributed by atoms with Gasteiger partial charge in [-0.3, -0.25) is 4.40 Å². The Morgan fingerprint density at radius 3 is 3.18 bits per heavy atom. The number of hydrogen-bond acceptors (Lipinski definition) is 4. The number of aryl methyl sites for hydroxylation is 1. The molecule has 3 heterocycles. The van der Waals surface area contributed by atoms with Crippen molar-refractivity contribution < 1.29 is 4.42 Å². The van der Waals surface area contributed by atoms with E-state index >= 15 is 0 Å². The fourth-order valence-electron chi connectivity index (χ4n) is 1.99. The topological polar surface area (TPSA) is 56.5 Å². The minimum Gasteiger partial charge on any atom is -0.469 e. The van der Waals surface area contributed by atoms with E-state index in [0.29, 0.717) is 0 Å². The molecule has 0 fully saturated rings. The van der Waals surface area contributed by atoms with E-state index in [4.69, 9.17) is 10.2 Å². The number of nitrogens with zero attached hydrogens (tertiary/aromatic N) is 2. The van der Waals surface area contributed by atoms with Crippen molar-refractivity contribution in [1.29, 1.82) is 0 Å². The van der Waals surface area contributed by atoms with Gasteiger partial charge < -0.3 is 10.2 Å². The normalized spacial score (nSPS) is 13.3. The monoisotopic (exact) mass is 247 g/mol. The molecule has 88 valence electrons. The molecule has 3 aromatic heterocycles. The van der Waals surface area contributed by atoms with Gasteiger partial charge >= 0.3 is 0 Å². The highest BCUT2D eigenvalue weighted by Crippen LogP contribution is 2.21. The predicted octanol–water partition coefficient (Wildman–Crippen LogP) is 2.54. The lowest BCUT2D eigenvalue weighted by Gasteiger charge is -2.08. The maximum absolute atomic E-state index is 6.16. The molecule has 1 atom stereocenters. The quantitative estimate of drug-likeness (QED) is 0.773. The molecule has 2 N–H and O–H groups in total. The second-order valence-corrected chi connectivity index (χ2v) is 4.94. The summed E-state index contributed by atoms with van der Waals surface area (Å²) in [6.45, 7) is 1.93. The van der Waals surface area contributed by atoms with Crippen LogP contribution in [0.2, 0.25) is 0 Å². The second-order valence-electron chi connectivity index (χ2n) is 4.07. The molecule has 3 aromatic rings. The maximum Gasteiger partial charge on any atom is 0.193 e. The average molecular weight is 247 g/mol. The summed E-state index contributed by atoms with van der Waals surface area (Å²) in [4.78, 5) is 5.53. The van der Waals surface area contributed by atoms with Gasteiger partial charge in [-0.05, 0) is 13.0 Å². The molecule has 4 nitrogen and oxygen atoms in total. The third-order valence-corrected chi connectivity index (χ3v) is 3.64. The van der Waals surface area contributed by atoms with E-state index in [1.165, 1.54) is 0 Å². The van der Waals surface area contributed by atoms with Crippen molar-refractivity contribution in [3.8, 4) is 0 Å². The summed E-state index contributed by atoms with van der Waals surface area (Å²) >= 11 is 1.63. The standard InChI is InChI=1S/C12H13N3OS/c1-8-10(2-4-16-8)11(13)6-9-7-15-3-5-17-12(15)14-9/h2-5,7,11H,6,13H2,1H3. The molecular formula is C12H13N3OS. The summed E-state index contributed by atoms with van der Waals surface area (Å²) < 4.78 is 7.29. The number of aromatic nitrogens is 2. The van der Waals surface area contributed by atoms with Gasteiger partial charge in [0.25, 0.3) is 0 Å². The first-order valence-electron chi connectivity index (χ1n) is 5.44. The van der Waals surface area contributed by atoms with Gasteiger partial charge in [0.05, 0.1) is 12.0 Å². The maximum atomic E-state index is 6.16. The van der Waals surface area contributed by atoms with Crippen LogP contribution in [0.3, 0.4) is 0 Å². The Morgan fingerprint density at radius 2 is 2.47 bits per heavy atom. The highest BCUT2D eigenvalue weighted by atomic mass is 32.1. The van der Waals surface area contributed by atoms with Crippen molar-refractivity contribution in [3.63, 3.8) is 0 Å². The Kier molecular flexibility index (Phi) is 2.49. The summed E-state index contributed by atoms with van der Waals surface area (Å²) in [5, 5.41) is 2.02. The third-order valence-electron chi connectivity index (χ3n) is 2.87. The smallest absolute Gasteiger partial charge is 0.193 e. The van der Waals surface area contributed by atoms with Gasteiger partial charge in [-0.1, -0.05) is 0 Å². The SMILES string of the molecule is Cc1occc1C(N)Cc1cn2ccsc2n1. The van der Waals surface area contributed by atoms with Crippen LogP contribution in [0.15, 0.2) is 34.5 Å². The lowest BCUT2D eigenvalue weighted by molar-refractivity contribution is 0.523. The first-order valence-corrected chi connectivity index (χ1v) is 6.32. The minimum atomic E-state index is -0.0571. The number of fused-ring (bicyclic) bond motifs is 1. The van der Waals surface area contributed by atoms with E-state index in [0.717, 1.165) is 28.4 Å². The Labute approximate surface area is 103 Å². The molecule has 0 aromatic carbocycles. The van der Waals surface area contributed by atoms with E-state index in [9.17, 15) is 0 Å². The zero-order valence-corrected chi connectivity index (χ0v) is 10.3. The molecule has 0 bridgehead atoms. The molecule has 5 heteroatoms. The number of hydrogen-bond donors (Lipinski definition) is 1. The summed E-state index contributed by atoms with van der Waals surface area (Å²) in [7, 11) is 0. The van der Waals surface area contributed by atoms with Gasteiger partial charge in [0.2, 0.25) is 0 Å². The summed E-state index contributed by atoms with van der Waals surface area (Å²) in [5.74, 6) is 0.888. The van der Waals surface area contributed by atoms with Crippen molar-refractivity contribution in [3.05, 3.63) is 47.1 Å². The van der Waals surface area contributed by atoms with E-state index in [1.807, 2.05) is 35.2 Å². The van der Waals surface area contributed by atoms with Crippen LogP contribution in [0.5, 0.6) is 0 Å². The van der Waals surface area contributed by atoms with Crippen LogP contribution in [-0.4, -0.2) is 9.38 Å². The van der Waals surface area contributed by atoms with Crippen LogP contribution < -0.4 is 5.73 Å². The van der Waals surface area contributed by atoms with Gasteiger partial charge in [0.15, 0.2) is 4.96 Å². The van der Waals surface area contributed by atoms with E-state index < -0.39 is 0 Å². The molecule has 0 saturated heterocycles. The first-order chi connectivity index (χ1) is 8.24. The van der Waals surface area contributed by atoms with Crippen LogP contribution in [0.1, 0.15) is 23.1 Å². The Hall–Kier alpha value is -1.59. The summed E-state index contributed by atoms with van der Waals surface area (Å²) in [6.07, 6.45) is 6.44. The van der Waals surface area contributed by atoms with Crippen molar-refractivity contribution in [2.24, 2.45) is 5.73 Å². The molecule has 0 saturated carbocycles. The molecular weight excluding hydrogens is 234 g/mol. The molecule has 0 aliphatic carbocycles. The average Bonchev–Trinajstić information content (AvgIpc) is 2.92. The van der Waals surface area contributed by atoms with E-state index in [2.05, 4.69) is 4.98 Å². The largest absolute Gasteiger partial charge is 0.469 e. The molecule has 0 aliphatic rings. The predicted molar refractivity (Wildman–Crippen MR) is 67.1 cm³/mol. The van der Waals surface area contributed by atoms with Gasteiger partial charge in [-0.2, -0.15) is 0 Å². The Morgan fingerprint density at radius 1 is 1.59 bits per heavy atom. The molecule has 0 aliphatic heterocycles. The fourth-order valence-corrected chi connectivity index (χ4v) is 2.71. The molecule has 3 rings (SSSR count). The zero-order valence-electron chi connectivity index (χ0n) is 9.46. The number of thiazole rings is 1.